The van der Waals surface area contributed by atoms with Crippen molar-refractivity contribution in [3.05, 3.63) is 12.2 Å². The van der Waals surface area contributed by atoms with E-state index in [0.29, 0.717) is 0 Å². The largest absolute Gasteiger partial charge is 0.394 e. The van der Waals surface area contributed by atoms with E-state index < -0.39 is 6.10 Å². The van der Waals surface area contributed by atoms with Crippen LogP contribution >= 0.6 is 0 Å². The van der Waals surface area contributed by atoms with Gasteiger partial charge in [0.2, 0.25) is 0 Å². The Hall–Kier alpha value is -0.340. The van der Waals surface area contributed by atoms with Gasteiger partial charge in [-0.05, 0) is 25.2 Å². The second-order valence-electron chi connectivity index (χ2n) is 2.79. The molecule has 2 unspecified atom stereocenters. The van der Waals surface area contributed by atoms with Crippen LogP contribution in [0.1, 0.15) is 19.3 Å². The van der Waals surface area contributed by atoms with Crippen molar-refractivity contribution in [2.45, 2.75) is 25.4 Å². The van der Waals surface area contributed by atoms with Crippen LogP contribution in [0.3, 0.4) is 0 Å². The maximum absolute atomic E-state index is 9.20. The predicted octanol–water partition coefficient (Wildman–Crippen LogP) is 0.696. The molecule has 0 bridgehead atoms. The van der Waals surface area contributed by atoms with Crippen LogP contribution in [-0.4, -0.2) is 22.9 Å². The highest BCUT2D eigenvalue weighted by Crippen LogP contribution is 2.20. The molecule has 2 N–H and O–H groups in total. The van der Waals surface area contributed by atoms with Crippen molar-refractivity contribution in [1.29, 1.82) is 0 Å². The lowest BCUT2D eigenvalue weighted by molar-refractivity contribution is 0.0436. The van der Waals surface area contributed by atoms with Crippen LogP contribution in [0.5, 0.6) is 0 Å². The zero-order chi connectivity index (χ0) is 7.40. The molecule has 0 radical (unpaired) electrons. The summed E-state index contributed by atoms with van der Waals surface area (Å²) in [6, 6.07) is 0. The first-order valence-corrected chi connectivity index (χ1v) is 3.78. The van der Waals surface area contributed by atoms with E-state index in [-0.39, 0.29) is 12.5 Å². The molecule has 0 fully saturated rings. The number of aliphatic hydroxyl groups excluding tert-OH is 2. The van der Waals surface area contributed by atoms with Gasteiger partial charge in [0.25, 0.3) is 0 Å². The van der Waals surface area contributed by atoms with Gasteiger partial charge < -0.3 is 10.2 Å². The molecular weight excluding hydrogens is 128 g/mol. The molecule has 0 spiro atoms. The third-order valence-electron chi connectivity index (χ3n) is 2.04. The minimum atomic E-state index is -0.509. The van der Waals surface area contributed by atoms with Crippen LogP contribution in [0.4, 0.5) is 0 Å². The Morgan fingerprint density at radius 1 is 1.50 bits per heavy atom. The standard InChI is InChI=1S/C8H14O2/c9-6-8(10)7-4-2-1-3-5-7/h1-2,7-10H,3-6H2. The van der Waals surface area contributed by atoms with Crippen molar-refractivity contribution >= 4 is 0 Å². The fourth-order valence-corrected chi connectivity index (χ4v) is 1.32. The van der Waals surface area contributed by atoms with Crippen LogP contribution in [0, 0.1) is 5.92 Å². The third kappa shape index (κ3) is 1.82. The number of allylic oxidation sites excluding steroid dienone is 2. The van der Waals surface area contributed by atoms with E-state index in [2.05, 4.69) is 12.2 Å². The van der Waals surface area contributed by atoms with Gasteiger partial charge in [-0.1, -0.05) is 12.2 Å². The van der Waals surface area contributed by atoms with Crippen molar-refractivity contribution < 1.29 is 10.2 Å². The summed E-state index contributed by atoms with van der Waals surface area (Å²) in [6.07, 6.45) is 6.67. The lowest BCUT2D eigenvalue weighted by atomic mass is 9.90. The molecule has 0 aromatic carbocycles. The molecule has 1 aliphatic carbocycles. The summed E-state index contributed by atoms with van der Waals surface area (Å²) in [5, 5.41) is 17.8. The number of rotatable bonds is 2. The van der Waals surface area contributed by atoms with Crippen molar-refractivity contribution in [2.24, 2.45) is 5.92 Å². The van der Waals surface area contributed by atoms with Crippen LogP contribution in [-0.2, 0) is 0 Å². The first-order chi connectivity index (χ1) is 4.84. The van der Waals surface area contributed by atoms with Crippen LogP contribution in [0.25, 0.3) is 0 Å². The molecule has 0 aromatic heterocycles. The number of aliphatic hydroxyl groups is 2. The minimum absolute atomic E-state index is 0.0987. The quantitative estimate of drug-likeness (QED) is 0.557. The fourth-order valence-electron chi connectivity index (χ4n) is 1.32. The molecule has 2 atom stereocenters. The molecule has 0 saturated carbocycles. The zero-order valence-corrected chi connectivity index (χ0v) is 6.03. The van der Waals surface area contributed by atoms with E-state index in [1.165, 1.54) is 0 Å². The maximum atomic E-state index is 9.20. The molecule has 0 aromatic rings. The molecule has 0 amide bonds. The number of hydrogen-bond acceptors (Lipinski definition) is 2. The summed E-state index contributed by atoms with van der Waals surface area (Å²) >= 11 is 0. The highest BCUT2D eigenvalue weighted by atomic mass is 16.3. The van der Waals surface area contributed by atoms with E-state index in [0.717, 1.165) is 19.3 Å². The van der Waals surface area contributed by atoms with Gasteiger partial charge in [-0.15, -0.1) is 0 Å². The Labute approximate surface area is 61.2 Å². The summed E-state index contributed by atoms with van der Waals surface area (Å²) in [7, 11) is 0. The average molecular weight is 142 g/mol. The van der Waals surface area contributed by atoms with E-state index in [4.69, 9.17) is 5.11 Å². The molecule has 0 saturated heterocycles. The molecule has 58 valence electrons. The first kappa shape index (κ1) is 7.76. The van der Waals surface area contributed by atoms with Gasteiger partial charge in [0, 0.05) is 0 Å². The summed E-state index contributed by atoms with van der Waals surface area (Å²) < 4.78 is 0. The normalized spacial score (nSPS) is 28.4. The summed E-state index contributed by atoms with van der Waals surface area (Å²) in [6.45, 7) is -0.0987. The lowest BCUT2D eigenvalue weighted by Crippen LogP contribution is -2.24. The van der Waals surface area contributed by atoms with Crippen LogP contribution in [0.15, 0.2) is 12.2 Å². The topological polar surface area (TPSA) is 40.5 Å². The van der Waals surface area contributed by atoms with E-state index >= 15 is 0 Å². The predicted molar refractivity (Wildman–Crippen MR) is 39.6 cm³/mol. The Balaban J connectivity index is 2.33. The number of hydrogen-bond donors (Lipinski definition) is 2. The van der Waals surface area contributed by atoms with E-state index in [9.17, 15) is 5.11 Å². The van der Waals surface area contributed by atoms with Crippen molar-refractivity contribution in [1.82, 2.24) is 0 Å². The SMILES string of the molecule is OCC(O)C1CC=CCC1. The highest BCUT2D eigenvalue weighted by Gasteiger charge is 2.17. The Kier molecular flexibility index (Phi) is 2.90. The molecule has 0 aliphatic heterocycles. The molecule has 0 heterocycles. The lowest BCUT2D eigenvalue weighted by Gasteiger charge is -2.21. The molecule has 2 nitrogen and oxygen atoms in total. The van der Waals surface area contributed by atoms with Crippen molar-refractivity contribution in [3.8, 4) is 0 Å². The molecule has 1 aliphatic rings. The minimum Gasteiger partial charge on any atom is -0.394 e. The van der Waals surface area contributed by atoms with Crippen molar-refractivity contribution in [2.75, 3.05) is 6.61 Å². The van der Waals surface area contributed by atoms with Gasteiger partial charge in [-0.25, -0.2) is 0 Å². The summed E-state index contributed by atoms with van der Waals surface area (Å²) in [5.74, 6) is 0.287. The fraction of sp³-hybridized carbons (Fsp3) is 0.750. The molecule has 10 heavy (non-hydrogen) atoms. The van der Waals surface area contributed by atoms with Gasteiger partial charge in [-0.2, -0.15) is 0 Å². The van der Waals surface area contributed by atoms with Gasteiger partial charge in [0.15, 0.2) is 0 Å². The van der Waals surface area contributed by atoms with E-state index in [1.54, 1.807) is 0 Å². The van der Waals surface area contributed by atoms with Gasteiger partial charge in [-0.3, -0.25) is 0 Å². The Bertz CT molecular complexity index is 120. The van der Waals surface area contributed by atoms with Crippen LogP contribution in [0.2, 0.25) is 0 Å². The molecule has 2 heteroatoms. The molecular formula is C8H14O2. The maximum Gasteiger partial charge on any atom is 0.0802 e. The van der Waals surface area contributed by atoms with E-state index in [1.807, 2.05) is 0 Å². The Morgan fingerprint density at radius 3 is 2.80 bits per heavy atom. The second kappa shape index (κ2) is 3.74. The highest BCUT2D eigenvalue weighted by molar-refractivity contribution is 4.91. The zero-order valence-electron chi connectivity index (χ0n) is 6.03. The van der Waals surface area contributed by atoms with Crippen molar-refractivity contribution in [3.63, 3.8) is 0 Å². The smallest absolute Gasteiger partial charge is 0.0802 e. The first-order valence-electron chi connectivity index (χ1n) is 3.78. The summed E-state index contributed by atoms with van der Waals surface area (Å²) in [4.78, 5) is 0. The Morgan fingerprint density at radius 2 is 2.30 bits per heavy atom. The average Bonchev–Trinajstić information content (AvgIpc) is 2.05. The third-order valence-corrected chi connectivity index (χ3v) is 2.04. The van der Waals surface area contributed by atoms with Gasteiger partial charge in [0.1, 0.15) is 0 Å². The van der Waals surface area contributed by atoms with Gasteiger partial charge in [0.05, 0.1) is 12.7 Å². The van der Waals surface area contributed by atoms with Crippen LogP contribution < -0.4 is 0 Å². The molecule has 1 rings (SSSR count). The monoisotopic (exact) mass is 142 g/mol. The summed E-state index contributed by atoms with van der Waals surface area (Å²) in [5.41, 5.74) is 0. The van der Waals surface area contributed by atoms with Gasteiger partial charge >= 0.3 is 0 Å². The second-order valence-corrected chi connectivity index (χ2v) is 2.79.